The van der Waals surface area contributed by atoms with E-state index < -0.39 is 0 Å². The van der Waals surface area contributed by atoms with Gasteiger partial charge >= 0.3 is 0 Å². The first-order chi connectivity index (χ1) is 7.02. The monoisotopic (exact) mass is 210 g/mol. The molecule has 0 fully saturated rings. The molecule has 2 nitrogen and oxygen atoms in total. The van der Waals surface area contributed by atoms with Crippen LogP contribution < -0.4 is 5.73 Å². The van der Waals surface area contributed by atoms with Crippen LogP contribution in [0.15, 0.2) is 18.2 Å². The van der Waals surface area contributed by atoms with Crippen molar-refractivity contribution in [3.63, 3.8) is 0 Å². The summed E-state index contributed by atoms with van der Waals surface area (Å²) in [6.07, 6.45) is 0. The third-order valence-electron chi connectivity index (χ3n) is 2.57. The van der Waals surface area contributed by atoms with E-state index in [-0.39, 0.29) is 5.82 Å². The largest absolute Gasteiger partial charge is 0.326 e. The molecule has 0 saturated heterocycles. The van der Waals surface area contributed by atoms with Gasteiger partial charge < -0.3 is 5.73 Å². The number of rotatable bonds is 4. The van der Waals surface area contributed by atoms with E-state index in [1.807, 2.05) is 13.1 Å². The highest BCUT2D eigenvalue weighted by atomic mass is 19.1. The first-order valence-electron chi connectivity index (χ1n) is 5.21. The number of benzene rings is 1. The minimum Gasteiger partial charge on any atom is -0.326 e. The molecular weight excluding hydrogens is 191 g/mol. The summed E-state index contributed by atoms with van der Waals surface area (Å²) in [4.78, 5) is 2.16. The molecule has 1 rings (SSSR count). The minimum atomic E-state index is -0.204. The number of hydrogen-bond acceptors (Lipinski definition) is 2. The smallest absolute Gasteiger partial charge is 0.123 e. The maximum Gasteiger partial charge on any atom is 0.123 e. The fourth-order valence-electron chi connectivity index (χ4n) is 1.40. The average molecular weight is 210 g/mol. The van der Waals surface area contributed by atoms with Gasteiger partial charge in [0.1, 0.15) is 5.82 Å². The zero-order valence-electron chi connectivity index (χ0n) is 9.63. The van der Waals surface area contributed by atoms with Gasteiger partial charge in [-0.05, 0) is 44.2 Å². The molecule has 1 aromatic carbocycles. The van der Waals surface area contributed by atoms with E-state index in [1.54, 1.807) is 6.07 Å². The lowest BCUT2D eigenvalue weighted by Gasteiger charge is -2.21. The first-order valence-corrected chi connectivity index (χ1v) is 5.21. The van der Waals surface area contributed by atoms with Gasteiger partial charge in [-0.25, -0.2) is 4.39 Å². The molecule has 0 heterocycles. The van der Waals surface area contributed by atoms with Gasteiger partial charge in [-0.2, -0.15) is 0 Å². The number of halogens is 1. The van der Waals surface area contributed by atoms with E-state index in [2.05, 4.69) is 18.7 Å². The van der Waals surface area contributed by atoms with Gasteiger partial charge in [0, 0.05) is 19.1 Å². The molecule has 0 aliphatic heterocycles. The summed E-state index contributed by atoms with van der Waals surface area (Å²) in [6.45, 7) is 5.37. The second kappa shape index (κ2) is 5.24. The lowest BCUT2D eigenvalue weighted by molar-refractivity contribution is 0.265. The van der Waals surface area contributed by atoms with Crippen molar-refractivity contribution >= 4 is 0 Å². The molecule has 0 amide bonds. The third kappa shape index (κ3) is 3.61. The van der Waals surface area contributed by atoms with Crippen molar-refractivity contribution in [1.82, 2.24) is 4.90 Å². The normalized spacial score (nSPS) is 11.4. The van der Waals surface area contributed by atoms with Gasteiger partial charge in [-0.15, -0.1) is 0 Å². The summed E-state index contributed by atoms with van der Waals surface area (Å²) in [7, 11) is 2.03. The maximum absolute atomic E-state index is 13.2. The topological polar surface area (TPSA) is 29.3 Å². The Morgan fingerprint density at radius 1 is 1.27 bits per heavy atom. The van der Waals surface area contributed by atoms with Gasteiger partial charge in [-0.1, -0.05) is 6.07 Å². The number of hydrogen-bond donors (Lipinski definition) is 1. The SMILES string of the molecule is CC(C)N(C)Cc1cc(F)cc(CN)c1. The van der Waals surface area contributed by atoms with Crippen LogP contribution in [-0.2, 0) is 13.1 Å². The standard InChI is InChI=1S/C12H19FN2/c1-9(2)15(3)8-11-4-10(7-14)5-12(13)6-11/h4-6,9H,7-8,14H2,1-3H3. The molecule has 0 bridgehead atoms. The maximum atomic E-state index is 13.2. The Morgan fingerprint density at radius 3 is 2.40 bits per heavy atom. The molecule has 0 aromatic heterocycles. The summed E-state index contributed by atoms with van der Waals surface area (Å²) >= 11 is 0. The van der Waals surface area contributed by atoms with Crippen molar-refractivity contribution in [2.75, 3.05) is 7.05 Å². The molecule has 0 atom stereocenters. The predicted molar refractivity (Wildman–Crippen MR) is 60.9 cm³/mol. The summed E-state index contributed by atoms with van der Waals surface area (Å²) in [5.74, 6) is -0.204. The Hall–Kier alpha value is -0.930. The highest BCUT2D eigenvalue weighted by molar-refractivity contribution is 5.24. The van der Waals surface area contributed by atoms with Crippen molar-refractivity contribution in [2.24, 2.45) is 5.73 Å². The van der Waals surface area contributed by atoms with Crippen LogP contribution >= 0.6 is 0 Å². The summed E-state index contributed by atoms with van der Waals surface area (Å²) in [5.41, 5.74) is 7.33. The van der Waals surface area contributed by atoms with Crippen molar-refractivity contribution < 1.29 is 4.39 Å². The van der Waals surface area contributed by atoms with Gasteiger partial charge in [-0.3, -0.25) is 4.90 Å². The summed E-state index contributed by atoms with van der Waals surface area (Å²) in [6, 6.07) is 5.47. The van der Waals surface area contributed by atoms with Crippen LogP contribution in [0.25, 0.3) is 0 Å². The van der Waals surface area contributed by atoms with Crippen molar-refractivity contribution in [1.29, 1.82) is 0 Å². The van der Waals surface area contributed by atoms with Crippen LogP contribution in [0.5, 0.6) is 0 Å². The van der Waals surface area contributed by atoms with Crippen LogP contribution in [0.4, 0.5) is 4.39 Å². The lowest BCUT2D eigenvalue weighted by atomic mass is 10.1. The van der Waals surface area contributed by atoms with Gasteiger partial charge in [0.2, 0.25) is 0 Å². The van der Waals surface area contributed by atoms with E-state index in [4.69, 9.17) is 5.73 Å². The molecule has 0 aliphatic carbocycles. The van der Waals surface area contributed by atoms with Crippen LogP contribution in [0.1, 0.15) is 25.0 Å². The van der Waals surface area contributed by atoms with Crippen LogP contribution in [-0.4, -0.2) is 18.0 Å². The molecule has 0 spiro atoms. The Balaban J connectivity index is 2.80. The Labute approximate surface area is 90.9 Å². The molecule has 3 heteroatoms. The molecule has 1 aromatic rings. The van der Waals surface area contributed by atoms with E-state index in [1.165, 1.54) is 6.07 Å². The lowest BCUT2D eigenvalue weighted by Crippen LogP contribution is -2.25. The second-order valence-corrected chi connectivity index (χ2v) is 4.18. The molecular formula is C12H19FN2. The van der Waals surface area contributed by atoms with E-state index in [0.717, 1.165) is 17.7 Å². The van der Waals surface area contributed by atoms with E-state index >= 15 is 0 Å². The van der Waals surface area contributed by atoms with Crippen LogP contribution in [0.2, 0.25) is 0 Å². The van der Waals surface area contributed by atoms with Gasteiger partial charge in [0.15, 0.2) is 0 Å². The minimum absolute atomic E-state index is 0.204. The zero-order chi connectivity index (χ0) is 11.4. The third-order valence-corrected chi connectivity index (χ3v) is 2.57. The highest BCUT2D eigenvalue weighted by Gasteiger charge is 2.06. The number of nitrogens with two attached hydrogens (primary N) is 1. The van der Waals surface area contributed by atoms with Gasteiger partial charge in [0.05, 0.1) is 0 Å². The fourth-order valence-corrected chi connectivity index (χ4v) is 1.40. The Kier molecular flexibility index (Phi) is 4.24. The van der Waals surface area contributed by atoms with Gasteiger partial charge in [0.25, 0.3) is 0 Å². The molecule has 84 valence electrons. The van der Waals surface area contributed by atoms with Crippen molar-refractivity contribution in [3.05, 3.63) is 35.1 Å². The molecule has 0 radical (unpaired) electrons. The summed E-state index contributed by atoms with van der Waals surface area (Å²) < 4.78 is 13.2. The Morgan fingerprint density at radius 2 is 1.87 bits per heavy atom. The Bertz CT molecular complexity index is 323. The molecule has 15 heavy (non-hydrogen) atoms. The van der Waals surface area contributed by atoms with Crippen molar-refractivity contribution in [2.45, 2.75) is 33.0 Å². The quantitative estimate of drug-likeness (QED) is 0.825. The highest BCUT2D eigenvalue weighted by Crippen LogP contribution is 2.11. The molecule has 0 aliphatic rings. The molecule has 0 unspecified atom stereocenters. The second-order valence-electron chi connectivity index (χ2n) is 4.18. The molecule has 0 saturated carbocycles. The summed E-state index contributed by atoms with van der Waals surface area (Å²) in [5, 5.41) is 0. The van der Waals surface area contributed by atoms with E-state index in [0.29, 0.717) is 12.6 Å². The zero-order valence-corrected chi connectivity index (χ0v) is 9.63. The van der Waals surface area contributed by atoms with Crippen LogP contribution in [0, 0.1) is 5.82 Å². The average Bonchev–Trinajstić information content (AvgIpc) is 2.16. The van der Waals surface area contributed by atoms with Crippen LogP contribution in [0.3, 0.4) is 0 Å². The van der Waals surface area contributed by atoms with E-state index in [9.17, 15) is 4.39 Å². The predicted octanol–water partition coefficient (Wildman–Crippen LogP) is 2.12. The molecule has 2 N–H and O–H groups in total. The van der Waals surface area contributed by atoms with Crippen molar-refractivity contribution in [3.8, 4) is 0 Å². The first kappa shape index (κ1) is 12.1. The fraction of sp³-hybridized carbons (Fsp3) is 0.500. The number of nitrogens with zero attached hydrogens (tertiary/aromatic N) is 1.